The molecule has 0 saturated heterocycles. The molecule has 0 saturated carbocycles. The van der Waals surface area contributed by atoms with E-state index in [2.05, 4.69) is 6.92 Å². The number of halogens is 2. The van der Waals surface area contributed by atoms with Crippen LogP contribution in [0.3, 0.4) is 0 Å². The van der Waals surface area contributed by atoms with Gasteiger partial charge < -0.3 is 0 Å². The lowest BCUT2D eigenvalue weighted by atomic mass is 9.81. The molecule has 2 aromatic rings. The largest absolute Gasteiger partial charge is 0.289 e. The molecule has 2 aromatic carbocycles. The first kappa shape index (κ1) is 28.7. The van der Waals surface area contributed by atoms with E-state index in [1.165, 1.54) is 56.4 Å². The molecule has 1 aliphatic rings. The van der Waals surface area contributed by atoms with Crippen LogP contribution in [0.25, 0.3) is 0 Å². The van der Waals surface area contributed by atoms with Crippen molar-refractivity contribution in [1.82, 2.24) is 0 Å². The third-order valence-corrected chi connectivity index (χ3v) is 7.06. The number of benzene rings is 2. The van der Waals surface area contributed by atoms with Crippen molar-refractivity contribution in [2.24, 2.45) is 0 Å². The molecule has 0 atom stereocenters. The van der Waals surface area contributed by atoms with Crippen LogP contribution in [0.4, 0.5) is 0 Å². The van der Waals surface area contributed by atoms with Crippen LogP contribution < -0.4 is 0 Å². The maximum Gasteiger partial charge on any atom is 0.197 e. The lowest BCUT2D eigenvalue weighted by Crippen LogP contribution is -2.27. The Morgan fingerprint density at radius 3 is 1.62 bits per heavy atom. The van der Waals surface area contributed by atoms with Crippen LogP contribution in [-0.2, 0) is 9.59 Å². The van der Waals surface area contributed by atoms with Crippen LogP contribution in [0, 0.1) is 0 Å². The fraction of sp³-hybridized carbons (Fsp3) is 0.355. The average molecular weight is 539 g/mol. The second-order valence-electron chi connectivity index (χ2n) is 9.36. The number of unbranched alkanes of at least 4 members (excludes halogenated alkanes) is 8. The summed E-state index contributed by atoms with van der Waals surface area (Å²) >= 11 is 11.9. The zero-order valence-corrected chi connectivity index (χ0v) is 22.7. The summed E-state index contributed by atoms with van der Waals surface area (Å²) in [6.45, 7) is 2.20. The summed E-state index contributed by atoms with van der Waals surface area (Å²) in [5.74, 6) is -2.27. The van der Waals surface area contributed by atoms with E-state index >= 15 is 0 Å². The molecule has 4 nitrogen and oxygen atoms in total. The summed E-state index contributed by atoms with van der Waals surface area (Å²) in [5, 5.41) is 0.917. The first-order valence-electron chi connectivity index (χ1n) is 13.0. The topological polar surface area (TPSA) is 68.3 Å². The van der Waals surface area contributed by atoms with Gasteiger partial charge in [-0.25, -0.2) is 0 Å². The molecule has 0 bridgehead atoms. The molecular formula is C31H32Cl2O4. The van der Waals surface area contributed by atoms with E-state index in [-0.39, 0.29) is 34.3 Å². The number of carbonyl (C=O) groups excluding carboxylic acids is 4. The minimum atomic E-state index is -0.622. The highest BCUT2D eigenvalue weighted by Crippen LogP contribution is 2.29. The molecule has 3 rings (SSSR count). The first-order chi connectivity index (χ1) is 17.8. The van der Waals surface area contributed by atoms with Crippen molar-refractivity contribution in [1.29, 1.82) is 0 Å². The van der Waals surface area contributed by atoms with Crippen LogP contribution in [0.15, 0.2) is 71.3 Å². The monoisotopic (exact) mass is 538 g/mol. The molecule has 0 fully saturated rings. The lowest BCUT2D eigenvalue weighted by Gasteiger charge is -2.18. The van der Waals surface area contributed by atoms with Gasteiger partial charge in [0, 0.05) is 32.8 Å². The second kappa shape index (κ2) is 14.2. The SMILES string of the molecule is CCCCCCCCCCCC1=C(C(=O)c2ccc(Cl)cc2)C(=O)C=C(C(=O)c2ccc(Cl)cc2)C1=O. The number of Topliss-reactive ketones (excluding diaryl/α,β-unsaturated/α-hetero) is 3. The van der Waals surface area contributed by atoms with E-state index in [9.17, 15) is 19.2 Å². The molecule has 1 aliphatic carbocycles. The van der Waals surface area contributed by atoms with Gasteiger partial charge in [-0.15, -0.1) is 0 Å². The van der Waals surface area contributed by atoms with Gasteiger partial charge in [0.05, 0.1) is 11.1 Å². The molecular weight excluding hydrogens is 507 g/mol. The summed E-state index contributed by atoms with van der Waals surface area (Å²) in [5.41, 5.74) is 0.274. The maximum absolute atomic E-state index is 13.5. The van der Waals surface area contributed by atoms with Crippen molar-refractivity contribution in [2.75, 3.05) is 0 Å². The fourth-order valence-corrected chi connectivity index (χ4v) is 4.72. The van der Waals surface area contributed by atoms with Crippen LogP contribution in [0.5, 0.6) is 0 Å². The van der Waals surface area contributed by atoms with E-state index < -0.39 is 23.1 Å². The average Bonchev–Trinajstić information content (AvgIpc) is 2.89. The highest BCUT2D eigenvalue weighted by molar-refractivity contribution is 6.43. The van der Waals surface area contributed by atoms with Crippen molar-refractivity contribution in [3.63, 3.8) is 0 Å². The Balaban J connectivity index is 1.79. The van der Waals surface area contributed by atoms with E-state index in [1.807, 2.05) is 0 Å². The van der Waals surface area contributed by atoms with Crippen LogP contribution in [-0.4, -0.2) is 23.1 Å². The standard InChI is InChI=1S/C31H32Cl2O4/c1-2-3-4-5-6-7-8-9-10-11-25-28(30(36)22-14-18-24(33)19-15-22)27(34)20-26(31(25)37)29(35)21-12-16-23(32)17-13-21/h12-20H,2-11H2,1H3. The normalized spacial score (nSPS) is 13.6. The van der Waals surface area contributed by atoms with Gasteiger partial charge >= 0.3 is 0 Å². The Morgan fingerprint density at radius 2 is 1.11 bits per heavy atom. The van der Waals surface area contributed by atoms with Crippen molar-refractivity contribution in [2.45, 2.75) is 71.1 Å². The number of hydrogen-bond donors (Lipinski definition) is 0. The number of carbonyl (C=O) groups is 4. The molecule has 0 N–H and O–H groups in total. The van der Waals surface area contributed by atoms with Crippen LogP contribution in [0.1, 0.15) is 91.8 Å². The molecule has 0 amide bonds. The van der Waals surface area contributed by atoms with E-state index in [0.717, 1.165) is 25.3 Å². The fourth-order valence-electron chi connectivity index (χ4n) is 4.46. The van der Waals surface area contributed by atoms with Crippen molar-refractivity contribution in [3.05, 3.63) is 92.5 Å². The molecule has 37 heavy (non-hydrogen) atoms. The van der Waals surface area contributed by atoms with Gasteiger partial charge in [-0.05, 0) is 61.4 Å². The van der Waals surface area contributed by atoms with Gasteiger partial charge in [0.15, 0.2) is 23.1 Å². The van der Waals surface area contributed by atoms with Crippen LogP contribution in [0.2, 0.25) is 10.0 Å². The predicted molar refractivity (Wildman–Crippen MR) is 149 cm³/mol. The quantitative estimate of drug-likeness (QED) is 0.105. The molecule has 0 spiro atoms. The molecule has 0 heterocycles. The molecule has 194 valence electrons. The molecule has 0 aromatic heterocycles. The Labute approximate surface area is 228 Å². The van der Waals surface area contributed by atoms with Crippen LogP contribution >= 0.6 is 23.2 Å². The summed E-state index contributed by atoms with van der Waals surface area (Å²) < 4.78 is 0. The molecule has 6 heteroatoms. The Bertz CT molecular complexity index is 1200. The summed E-state index contributed by atoms with van der Waals surface area (Å²) in [4.78, 5) is 53.1. The lowest BCUT2D eigenvalue weighted by molar-refractivity contribution is -0.115. The number of rotatable bonds is 14. The predicted octanol–water partition coefficient (Wildman–Crippen LogP) is 8.35. The highest BCUT2D eigenvalue weighted by atomic mass is 35.5. The minimum absolute atomic E-state index is 0.118. The van der Waals surface area contributed by atoms with Gasteiger partial charge in [0.2, 0.25) is 0 Å². The smallest absolute Gasteiger partial charge is 0.197 e. The van der Waals surface area contributed by atoms with Crippen molar-refractivity contribution >= 4 is 46.3 Å². The summed E-state index contributed by atoms with van der Waals surface area (Å²) in [7, 11) is 0. The third-order valence-electron chi connectivity index (χ3n) is 6.56. The number of ketones is 4. The maximum atomic E-state index is 13.5. The molecule has 0 unspecified atom stereocenters. The van der Waals surface area contributed by atoms with Gasteiger partial charge in [-0.3, -0.25) is 19.2 Å². The molecule has 0 aliphatic heterocycles. The zero-order chi connectivity index (χ0) is 26.8. The summed E-state index contributed by atoms with van der Waals surface area (Å²) in [6.07, 6.45) is 11.1. The Morgan fingerprint density at radius 1 is 0.649 bits per heavy atom. The Kier molecular flexibility index (Phi) is 11.0. The van der Waals surface area contributed by atoms with Gasteiger partial charge in [-0.2, -0.15) is 0 Å². The number of allylic oxidation sites excluding steroid dienone is 4. The third kappa shape index (κ3) is 7.83. The summed E-state index contributed by atoms with van der Waals surface area (Å²) in [6, 6.07) is 12.3. The minimum Gasteiger partial charge on any atom is -0.289 e. The van der Waals surface area contributed by atoms with E-state index in [1.54, 1.807) is 24.3 Å². The van der Waals surface area contributed by atoms with Crippen molar-refractivity contribution < 1.29 is 19.2 Å². The van der Waals surface area contributed by atoms with E-state index in [4.69, 9.17) is 23.2 Å². The van der Waals surface area contributed by atoms with Gasteiger partial charge in [0.25, 0.3) is 0 Å². The van der Waals surface area contributed by atoms with Crippen molar-refractivity contribution in [3.8, 4) is 0 Å². The highest BCUT2D eigenvalue weighted by Gasteiger charge is 2.35. The zero-order valence-electron chi connectivity index (χ0n) is 21.2. The van der Waals surface area contributed by atoms with E-state index in [0.29, 0.717) is 16.5 Å². The molecule has 0 radical (unpaired) electrons. The Hall–Kier alpha value is -2.82. The number of hydrogen-bond acceptors (Lipinski definition) is 4. The first-order valence-corrected chi connectivity index (χ1v) is 13.7. The van der Waals surface area contributed by atoms with Gasteiger partial charge in [-0.1, -0.05) is 81.5 Å². The second-order valence-corrected chi connectivity index (χ2v) is 10.2. The van der Waals surface area contributed by atoms with Gasteiger partial charge in [0.1, 0.15) is 0 Å².